The van der Waals surface area contributed by atoms with Gasteiger partial charge in [-0.3, -0.25) is 0 Å². The highest BCUT2D eigenvalue weighted by Crippen LogP contribution is 2.33. The summed E-state index contributed by atoms with van der Waals surface area (Å²) in [6.07, 6.45) is 4.74. The zero-order valence-electron chi connectivity index (χ0n) is 10.9. The number of rotatable bonds is 5. The molecule has 0 aliphatic heterocycles. The molecular formula is C14H23NO. The highest BCUT2D eigenvalue weighted by atomic mass is 16.3. The molecule has 0 saturated carbocycles. The number of aryl methyl sites for hydroxylation is 1. The largest absolute Gasteiger partial charge is 0.506 e. The summed E-state index contributed by atoms with van der Waals surface area (Å²) in [6, 6.07) is 3.79. The number of benzene rings is 1. The molecule has 1 aromatic carbocycles. The van der Waals surface area contributed by atoms with Gasteiger partial charge in [0, 0.05) is 14.1 Å². The smallest absolute Gasteiger partial charge is 0.139 e. The standard InChI is InChI=1S/C14H23NO/c1-5-6-7-8-12-11(2)9-10-13(16)14(12)15(3)4/h9-10,16H,5-8H2,1-4H3. The van der Waals surface area contributed by atoms with Crippen LogP contribution in [0.25, 0.3) is 0 Å². The molecule has 0 aromatic heterocycles. The van der Waals surface area contributed by atoms with Crippen molar-refractivity contribution in [3.05, 3.63) is 23.3 Å². The van der Waals surface area contributed by atoms with Crippen molar-refractivity contribution >= 4 is 5.69 Å². The summed E-state index contributed by atoms with van der Waals surface area (Å²) in [7, 11) is 3.97. The molecule has 0 fully saturated rings. The van der Waals surface area contributed by atoms with Crippen molar-refractivity contribution in [2.45, 2.75) is 39.5 Å². The zero-order chi connectivity index (χ0) is 12.1. The van der Waals surface area contributed by atoms with Gasteiger partial charge in [0.15, 0.2) is 0 Å². The Kier molecular flexibility index (Phi) is 4.66. The quantitative estimate of drug-likeness (QED) is 0.769. The lowest BCUT2D eigenvalue weighted by molar-refractivity contribution is 0.474. The van der Waals surface area contributed by atoms with Gasteiger partial charge in [0.05, 0.1) is 5.69 Å². The van der Waals surface area contributed by atoms with Gasteiger partial charge in [-0.25, -0.2) is 0 Å². The first-order valence-electron chi connectivity index (χ1n) is 6.06. The maximum Gasteiger partial charge on any atom is 0.139 e. The second-order valence-electron chi connectivity index (χ2n) is 4.58. The van der Waals surface area contributed by atoms with Crippen molar-refractivity contribution in [2.24, 2.45) is 0 Å². The van der Waals surface area contributed by atoms with Crippen molar-refractivity contribution in [1.29, 1.82) is 0 Å². The molecule has 2 heteroatoms. The molecule has 0 radical (unpaired) electrons. The number of unbranched alkanes of at least 4 members (excludes halogenated alkanes) is 2. The molecule has 90 valence electrons. The van der Waals surface area contributed by atoms with Crippen LogP contribution in [0.3, 0.4) is 0 Å². The number of anilines is 1. The van der Waals surface area contributed by atoms with Crippen LogP contribution < -0.4 is 4.90 Å². The molecule has 0 heterocycles. The Morgan fingerprint density at radius 2 is 1.88 bits per heavy atom. The molecule has 0 spiro atoms. The van der Waals surface area contributed by atoms with E-state index < -0.39 is 0 Å². The zero-order valence-corrected chi connectivity index (χ0v) is 10.9. The van der Waals surface area contributed by atoms with Gasteiger partial charge in [-0.1, -0.05) is 25.8 Å². The van der Waals surface area contributed by atoms with Crippen molar-refractivity contribution in [2.75, 3.05) is 19.0 Å². The van der Waals surface area contributed by atoms with Crippen LogP contribution in [0.1, 0.15) is 37.3 Å². The van der Waals surface area contributed by atoms with E-state index in [4.69, 9.17) is 0 Å². The molecule has 1 aromatic rings. The summed E-state index contributed by atoms with van der Waals surface area (Å²) < 4.78 is 0. The third-order valence-corrected chi connectivity index (χ3v) is 2.97. The summed E-state index contributed by atoms with van der Waals surface area (Å²) in [5, 5.41) is 9.90. The fourth-order valence-electron chi connectivity index (χ4n) is 2.09. The Labute approximate surface area is 98.9 Å². The average Bonchev–Trinajstić information content (AvgIpc) is 2.23. The van der Waals surface area contributed by atoms with Crippen LogP contribution in [0, 0.1) is 6.92 Å². The third-order valence-electron chi connectivity index (χ3n) is 2.97. The second kappa shape index (κ2) is 5.78. The number of hydrogen-bond donors (Lipinski definition) is 1. The third kappa shape index (κ3) is 2.91. The van der Waals surface area contributed by atoms with Crippen LogP contribution >= 0.6 is 0 Å². The predicted octanol–water partition coefficient (Wildman–Crippen LogP) is 3.50. The van der Waals surface area contributed by atoms with E-state index in [1.165, 1.54) is 30.4 Å². The first kappa shape index (κ1) is 12.9. The highest BCUT2D eigenvalue weighted by molar-refractivity contribution is 5.64. The lowest BCUT2D eigenvalue weighted by Crippen LogP contribution is -2.12. The topological polar surface area (TPSA) is 23.5 Å². The molecule has 0 bridgehead atoms. The SMILES string of the molecule is CCCCCc1c(C)ccc(O)c1N(C)C. The van der Waals surface area contributed by atoms with Crippen molar-refractivity contribution in [3.63, 3.8) is 0 Å². The van der Waals surface area contributed by atoms with Gasteiger partial charge in [0.25, 0.3) is 0 Å². The van der Waals surface area contributed by atoms with Crippen molar-refractivity contribution in [3.8, 4) is 5.75 Å². The summed E-state index contributed by atoms with van der Waals surface area (Å²) in [4.78, 5) is 2.00. The van der Waals surface area contributed by atoms with Crippen LogP contribution in [0.2, 0.25) is 0 Å². The minimum absolute atomic E-state index is 0.391. The molecule has 0 atom stereocenters. The van der Waals surface area contributed by atoms with E-state index in [1.54, 1.807) is 6.07 Å². The van der Waals surface area contributed by atoms with E-state index in [0.29, 0.717) is 5.75 Å². The maximum atomic E-state index is 9.90. The summed E-state index contributed by atoms with van der Waals surface area (Å²) in [5.74, 6) is 0.391. The minimum Gasteiger partial charge on any atom is -0.506 e. The molecule has 1 rings (SSSR count). The molecule has 0 unspecified atom stereocenters. The molecule has 2 nitrogen and oxygen atoms in total. The number of phenolic OH excluding ortho intramolecular Hbond substituents is 1. The van der Waals surface area contributed by atoms with Crippen LogP contribution in [-0.4, -0.2) is 19.2 Å². The fraction of sp³-hybridized carbons (Fsp3) is 0.571. The Morgan fingerprint density at radius 3 is 2.44 bits per heavy atom. The Hall–Kier alpha value is -1.18. The van der Waals surface area contributed by atoms with Crippen LogP contribution in [-0.2, 0) is 6.42 Å². The molecule has 0 aliphatic carbocycles. The Balaban J connectivity index is 2.98. The Morgan fingerprint density at radius 1 is 1.19 bits per heavy atom. The first-order chi connectivity index (χ1) is 7.57. The van der Waals surface area contributed by atoms with Crippen LogP contribution in [0.15, 0.2) is 12.1 Å². The predicted molar refractivity (Wildman–Crippen MR) is 70.4 cm³/mol. The normalized spacial score (nSPS) is 10.5. The summed E-state index contributed by atoms with van der Waals surface area (Å²) in [5.41, 5.74) is 3.55. The molecule has 0 amide bonds. The summed E-state index contributed by atoms with van der Waals surface area (Å²) in [6.45, 7) is 4.33. The van der Waals surface area contributed by atoms with E-state index in [-0.39, 0.29) is 0 Å². The van der Waals surface area contributed by atoms with Gasteiger partial charge in [0.2, 0.25) is 0 Å². The number of phenols is 1. The maximum absolute atomic E-state index is 9.90. The Bertz CT molecular complexity index is 345. The molecule has 16 heavy (non-hydrogen) atoms. The van der Waals surface area contributed by atoms with Gasteiger partial charge in [-0.2, -0.15) is 0 Å². The van der Waals surface area contributed by atoms with Gasteiger partial charge >= 0.3 is 0 Å². The molecular weight excluding hydrogens is 198 g/mol. The van der Waals surface area contributed by atoms with E-state index in [2.05, 4.69) is 13.8 Å². The van der Waals surface area contributed by atoms with E-state index in [0.717, 1.165) is 12.1 Å². The number of hydrogen-bond acceptors (Lipinski definition) is 2. The van der Waals surface area contributed by atoms with E-state index in [1.807, 2.05) is 25.1 Å². The van der Waals surface area contributed by atoms with Gasteiger partial charge in [0.1, 0.15) is 5.75 Å². The van der Waals surface area contributed by atoms with Crippen molar-refractivity contribution < 1.29 is 5.11 Å². The van der Waals surface area contributed by atoms with Crippen LogP contribution in [0.5, 0.6) is 5.75 Å². The second-order valence-corrected chi connectivity index (χ2v) is 4.58. The minimum atomic E-state index is 0.391. The number of nitrogens with zero attached hydrogens (tertiary/aromatic N) is 1. The monoisotopic (exact) mass is 221 g/mol. The summed E-state index contributed by atoms with van der Waals surface area (Å²) >= 11 is 0. The molecule has 0 aliphatic rings. The highest BCUT2D eigenvalue weighted by Gasteiger charge is 2.12. The fourth-order valence-corrected chi connectivity index (χ4v) is 2.09. The first-order valence-corrected chi connectivity index (χ1v) is 6.06. The van der Waals surface area contributed by atoms with Gasteiger partial charge in [-0.05, 0) is 37.0 Å². The molecule has 1 N–H and O–H groups in total. The molecule has 0 saturated heterocycles. The van der Waals surface area contributed by atoms with Gasteiger partial charge in [-0.15, -0.1) is 0 Å². The van der Waals surface area contributed by atoms with Gasteiger partial charge < -0.3 is 10.0 Å². The van der Waals surface area contributed by atoms with E-state index >= 15 is 0 Å². The lowest BCUT2D eigenvalue weighted by Gasteiger charge is -2.20. The van der Waals surface area contributed by atoms with Crippen molar-refractivity contribution in [1.82, 2.24) is 0 Å². The van der Waals surface area contributed by atoms with Crippen LogP contribution in [0.4, 0.5) is 5.69 Å². The number of aromatic hydroxyl groups is 1. The average molecular weight is 221 g/mol. The van der Waals surface area contributed by atoms with E-state index in [9.17, 15) is 5.11 Å². The lowest BCUT2D eigenvalue weighted by atomic mass is 9.99.